The minimum Gasteiger partial charge on any atom is -0.489 e. The molecule has 0 heterocycles. The number of benzene rings is 5. The normalized spacial score (nSPS) is 11.8. The van der Waals surface area contributed by atoms with Crippen molar-refractivity contribution < 1.29 is 14.3 Å². The summed E-state index contributed by atoms with van der Waals surface area (Å²) >= 11 is 0. The Morgan fingerprint density at radius 3 is 1.62 bits per heavy atom. The van der Waals surface area contributed by atoms with Crippen LogP contribution in [0.4, 0.5) is 0 Å². The molecule has 1 atom stereocenters. The van der Waals surface area contributed by atoms with Crippen molar-refractivity contribution in [3.8, 4) is 5.75 Å². The zero-order valence-corrected chi connectivity index (χ0v) is 23.4. The largest absolute Gasteiger partial charge is 0.489 e. The molecule has 5 nitrogen and oxygen atoms in total. The summed E-state index contributed by atoms with van der Waals surface area (Å²) in [6.07, 6.45) is 0.341. The molecule has 3 N–H and O–H groups in total. The zero-order chi connectivity index (χ0) is 29.2. The van der Waals surface area contributed by atoms with Gasteiger partial charge in [-0.15, -0.1) is 0 Å². The summed E-state index contributed by atoms with van der Waals surface area (Å²) in [5, 5.41) is 2.95. The van der Waals surface area contributed by atoms with Crippen LogP contribution in [-0.2, 0) is 28.0 Å². The second-order valence-electron chi connectivity index (χ2n) is 10.3. The highest BCUT2D eigenvalue weighted by molar-refractivity contribution is 5.88. The lowest BCUT2D eigenvalue weighted by Gasteiger charge is -2.36. The Kier molecular flexibility index (Phi) is 9.10. The first-order valence-corrected chi connectivity index (χ1v) is 14.1. The highest BCUT2D eigenvalue weighted by Crippen LogP contribution is 2.42. The van der Waals surface area contributed by atoms with Crippen LogP contribution < -0.4 is 15.8 Å². The Morgan fingerprint density at radius 2 is 1.12 bits per heavy atom. The molecule has 0 saturated heterocycles. The lowest BCUT2D eigenvalue weighted by atomic mass is 9.67. The summed E-state index contributed by atoms with van der Waals surface area (Å²) in [5.41, 5.74) is 9.89. The number of amides is 2. The molecule has 2 amide bonds. The number of hydrogen-bond acceptors (Lipinski definition) is 3. The first kappa shape index (κ1) is 28.4. The Morgan fingerprint density at radius 1 is 0.643 bits per heavy atom. The summed E-state index contributed by atoms with van der Waals surface area (Å²) in [6, 6.07) is 46.6. The van der Waals surface area contributed by atoms with Gasteiger partial charge in [-0.25, -0.2) is 0 Å². The van der Waals surface area contributed by atoms with Crippen LogP contribution in [0, 0.1) is 0 Å². The van der Waals surface area contributed by atoms with Gasteiger partial charge in [0.25, 0.3) is 0 Å². The molecule has 0 unspecified atom stereocenters. The zero-order valence-electron chi connectivity index (χ0n) is 23.4. The SMILES string of the molecule is NC(=O)[C@H](Cc1cccc(OCc2ccccc2)c1)NC(=O)CC(c1ccccc1)(c1ccccc1)c1ccccc1. The fraction of sp³-hybridized carbons (Fsp3) is 0.135. The van der Waals surface area contributed by atoms with Crippen molar-refractivity contribution in [1.82, 2.24) is 5.32 Å². The lowest BCUT2D eigenvalue weighted by Crippen LogP contribution is -2.48. The van der Waals surface area contributed by atoms with Crippen LogP contribution in [0.2, 0.25) is 0 Å². The van der Waals surface area contributed by atoms with Gasteiger partial charge < -0.3 is 15.8 Å². The highest BCUT2D eigenvalue weighted by atomic mass is 16.5. The number of ether oxygens (including phenoxy) is 1. The molecule has 0 bridgehead atoms. The standard InChI is InChI=1S/C37H34N2O3/c38-36(41)34(25-29-16-13-23-33(24-29)42-27-28-14-5-1-6-15-28)39-35(40)26-37(30-17-7-2-8-18-30,31-19-9-3-10-20-31)32-21-11-4-12-22-32/h1-24,34H,25-27H2,(H2,38,41)(H,39,40)/t34-/m0/s1. The predicted molar refractivity (Wildman–Crippen MR) is 166 cm³/mol. The summed E-state index contributed by atoms with van der Waals surface area (Å²) in [7, 11) is 0. The van der Waals surface area contributed by atoms with E-state index in [1.54, 1.807) is 0 Å². The number of carbonyl (C=O) groups excluding carboxylic acids is 2. The Hall–Kier alpha value is -5.16. The summed E-state index contributed by atoms with van der Waals surface area (Å²) in [5.74, 6) is -0.183. The molecule has 0 spiro atoms. The van der Waals surface area contributed by atoms with Crippen molar-refractivity contribution in [3.05, 3.63) is 173 Å². The van der Waals surface area contributed by atoms with Crippen molar-refractivity contribution >= 4 is 11.8 Å². The van der Waals surface area contributed by atoms with E-state index >= 15 is 0 Å². The maximum Gasteiger partial charge on any atom is 0.240 e. The monoisotopic (exact) mass is 554 g/mol. The van der Waals surface area contributed by atoms with Gasteiger partial charge in [-0.3, -0.25) is 9.59 Å². The molecule has 5 rings (SSSR count). The smallest absolute Gasteiger partial charge is 0.240 e. The number of primary amides is 1. The molecule has 5 heteroatoms. The van der Waals surface area contributed by atoms with E-state index in [-0.39, 0.29) is 18.7 Å². The van der Waals surface area contributed by atoms with Gasteiger partial charge in [0.15, 0.2) is 0 Å². The van der Waals surface area contributed by atoms with Gasteiger partial charge in [0.2, 0.25) is 11.8 Å². The van der Waals surface area contributed by atoms with Gasteiger partial charge in [-0.05, 0) is 39.9 Å². The quantitative estimate of drug-likeness (QED) is 0.180. The first-order valence-electron chi connectivity index (χ1n) is 14.1. The molecule has 210 valence electrons. The van der Waals surface area contributed by atoms with Crippen LogP contribution in [0.15, 0.2) is 146 Å². The van der Waals surface area contributed by atoms with Crippen molar-refractivity contribution in [3.63, 3.8) is 0 Å². The summed E-state index contributed by atoms with van der Waals surface area (Å²) in [4.78, 5) is 26.5. The van der Waals surface area contributed by atoms with Gasteiger partial charge in [0, 0.05) is 12.8 Å². The van der Waals surface area contributed by atoms with E-state index in [0.29, 0.717) is 12.4 Å². The fourth-order valence-corrected chi connectivity index (χ4v) is 5.42. The molecular weight excluding hydrogens is 520 g/mol. The summed E-state index contributed by atoms with van der Waals surface area (Å²) < 4.78 is 5.97. The number of nitrogens with two attached hydrogens (primary N) is 1. The first-order chi connectivity index (χ1) is 20.5. The molecule has 0 radical (unpaired) electrons. The van der Waals surface area contributed by atoms with E-state index < -0.39 is 17.4 Å². The molecule has 5 aromatic rings. The molecule has 5 aromatic carbocycles. The van der Waals surface area contributed by atoms with Crippen molar-refractivity contribution in [2.45, 2.75) is 30.9 Å². The predicted octanol–water partition coefficient (Wildman–Crippen LogP) is 6.20. The minimum absolute atomic E-state index is 0.0923. The Labute approximate surface area is 247 Å². The molecule has 0 aromatic heterocycles. The molecule has 0 saturated carbocycles. The van der Waals surface area contributed by atoms with Crippen LogP contribution in [0.1, 0.15) is 34.2 Å². The average molecular weight is 555 g/mol. The third-order valence-corrected chi connectivity index (χ3v) is 7.49. The van der Waals surface area contributed by atoms with Gasteiger partial charge in [0.05, 0.1) is 5.41 Å². The van der Waals surface area contributed by atoms with Gasteiger partial charge in [-0.2, -0.15) is 0 Å². The van der Waals surface area contributed by atoms with Crippen molar-refractivity contribution in [1.29, 1.82) is 0 Å². The van der Waals surface area contributed by atoms with Crippen LogP contribution >= 0.6 is 0 Å². The van der Waals surface area contributed by atoms with Crippen LogP contribution in [0.5, 0.6) is 5.75 Å². The topological polar surface area (TPSA) is 81.4 Å². The summed E-state index contributed by atoms with van der Waals surface area (Å²) in [6.45, 7) is 0.431. The maximum absolute atomic E-state index is 13.9. The van der Waals surface area contributed by atoms with E-state index in [4.69, 9.17) is 10.5 Å². The van der Waals surface area contributed by atoms with Crippen LogP contribution in [0.3, 0.4) is 0 Å². The van der Waals surface area contributed by atoms with Crippen LogP contribution in [-0.4, -0.2) is 17.9 Å². The van der Waals surface area contributed by atoms with Crippen LogP contribution in [0.25, 0.3) is 0 Å². The highest BCUT2D eigenvalue weighted by Gasteiger charge is 2.39. The Bertz CT molecular complexity index is 1490. The van der Waals surface area contributed by atoms with Crippen molar-refractivity contribution in [2.24, 2.45) is 5.73 Å². The van der Waals surface area contributed by atoms with E-state index in [9.17, 15) is 9.59 Å². The van der Waals surface area contributed by atoms with Crippen molar-refractivity contribution in [2.75, 3.05) is 0 Å². The minimum atomic E-state index is -0.887. The third kappa shape index (κ3) is 6.76. The third-order valence-electron chi connectivity index (χ3n) is 7.49. The lowest BCUT2D eigenvalue weighted by molar-refractivity contribution is -0.127. The van der Waals surface area contributed by atoms with Gasteiger partial charge in [0.1, 0.15) is 18.4 Å². The average Bonchev–Trinajstić information content (AvgIpc) is 3.04. The Balaban J connectivity index is 1.39. The molecule has 0 aliphatic carbocycles. The van der Waals surface area contributed by atoms with E-state index in [1.165, 1.54) is 0 Å². The second-order valence-corrected chi connectivity index (χ2v) is 10.3. The molecule has 0 aliphatic rings. The van der Waals surface area contributed by atoms with E-state index in [0.717, 1.165) is 27.8 Å². The van der Waals surface area contributed by atoms with Gasteiger partial charge >= 0.3 is 0 Å². The molecular formula is C37H34N2O3. The molecule has 42 heavy (non-hydrogen) atoms. The number of rotatable bonds is 12. The number of carbonyl (C=O) groups is 2. The molecule has 0 fully saturated rings. The van der Waals surface area contributed by atoms with E-state index in [2.05, 4.69) is 5.32 Å². The number of nitrogens with one attached hydrogen (secondary N) is 1. The van der Waals surface area contributed by atoms with Gasteiger partial charge in [-0.1, -0.05) is 133 Å². The molecule has 0 aliphatic heterocycles. The fourth-order valence-electron chi connectivity index (χ4n) is 5.42. The van der Waals surface area contributed by atoms with E-state index in [1.807, 2.05) is 146 Å². The maximum atomic E-state index is 13.9. The second kappa shape index (κ2) is 13.5. The number of hydrogen-bond donors (Lipinski definition) is 2.